The second kappa shape index (κ2) is 6.63. The number of hydrogen-bond donors (Lipinski definition) is 0. The maximum absolute atomic E-state index is 11.2. The molecule has 17 heavy (non-hydrogen) atoms. The van der Waals surface area contributed by atoms with Crippen LogP contribution in [0, 0.1) is 11.8 Å². The van der Waals surface area contributed by atoms with Crippen LogP contribution in [0.2, 0.25) is 0 Å². The molecule has 96 valence electrons. The fourth-order valence-corrected chi connectivity index (χ4v) is 2.43. The van der Waals surface area contributed by atoms with E-state index in [1.54, 1.807) is 6.92 Å². The predicted octanol–water partition coefficient (Wildman–Crippen LogP) is 3.40. The molecule has 1 rings (SSSR count). The van der Waals surface area contributed by atoms with Crippen molar-refractivity contribution in [3.63, 3.8) is 0 Å². The largest absolute Gasteiger partial charge is 0.340 e. The van der Waals surface area contributed by atoms with Crippen LogP contribution in [0.3, 0.4) is 0 Å². The maximum Gasteiger partial charge on any atom is 0.219 e. The lowest BCUT2D eigenvalue weighted by Gasteiger charge is -2.24. The Hall–Kier alpha value is -1.05. The topological polar surface area (TPSA) is 20.3 Å². The van der Waals surface area contributed by atoms with Gasteiger partial charge in [-0.2, -0.15) is 0 Å². The van der Waals surface area contributed by atoms with E-state index in [0.717, 1.165) is 13.1 Å². The number of likely N-dealkylation sites (N-methyl/N-ethyl adjacent to an activating group) is 1. The van der Waals surface area contributed by atoms with Crippen LogP contribution in [-0.4, -0.2) is 23.9 Å². The van der Waals surface area contributed by atoms with E-state index in [-0.39, 0.29) is 5.91 Å². The van der Waals surface area contributed by atoms with Crippen LogP contribution in [0.5, 0.6) is 0 Å². The van der Waals surface area contributed by atoms with E-state index < -0.39 is 0 Å². The first kappa shape index (κ1) is 14.0. The Morgan fingerprint density at radius 2 is 2.29 bits per heavy atom. The van der Waals surface area contributed by atoms with Gasteiger partial charge in [0.15, 0.2) is 0 Å². The predicted molar refractivity (Wildman–Crippen MR) is 72.7 cm³/mol. The van der Waals surface area contributed by atoms with Crippen LogP contribution >= 0.6 is 0 Å². The van der Waals surface area contributed by atoms with E-state index >= 15 is 0 Å². The Balaban J connectivity index is 2.46. The Labute approximate surface area is 105 Å². The standard InChI is InChI=1S/C15H25NO/c1-5-16(14(4)17)10-6-7-15-9-8-12(2)11-13(15)3/h6-7,11,13,15H,5,8-10H2,1-4H3/b7-6-. The fourth-order valence-electron chi connectivity index (χ4n) is 2.43. The van der Waals surface area contributed by atoms with Gasteiger partial charge >= 0.3 is 0 Å². The van der Waals surface area contributed by atoms with Gasteiger partial charge in [0, 0.05) is 20.0 Å². The van der Waals surface area contributed by atoms with Crippen molar-refractivity contribution in [2.75, 3.05) is 13.1 Å². The fraction of sp³-hybridized carbons (Fsp3) is 0.667. The Kier molecular flexibility index (Phi) is 5.46. The quantitative estimate of drug-likeness (QED) is 0.684. The van der Waals surface area contributed by atoms with Crippen molar-refractivity contribution in [1.82, 2.24) is 4.90 Å². The number of rotatable bonds is 4. The Morgan fingerprint density at radius 3 is 2.82 bits per heavy atom. The molecule has 0 N–H and O–H groups in total. The Bertz CT molecular complexity index is 317. The van der Waals surface area contributed by atoms with Gasteiger partial charge in [0.05, 0.1) is 0 Å². The molecule has 0 aromatic rings. The zero-order valence-corrected chi connectivity index (χ0v) is 11.6. The zero-order chi connectivity index (χ0) is 12.8. The van der Waals surface area contributed by atoms with E-state index in [4.69, 9.17) is 0 Å². The van der Waals surface area contributed by atoms with Gasteiger partial charge in [0.2, 0.25) is 5.91 Å². The number of amides is 1. The van der Waals surface area contributed by atoms with E-state index in [2.05, 4.69) is 32.1 Å². The molecular formula is C15H25NO. The molecule has 0 heterocycles. The summed E-state index contributed by atoms with van der Waals surface area (Å²) in [4.78, 5) is 13.1. The van der Waals surface area contributed by atoms with E-state index in [9.17, 15) is 4.79 Å². The summed E-state index contributed by atoms with van der Waals surface area (Å²) in [5, 5.41) is 0. The summed E-state index contributed by atoms with van der Waals surface area (Å²) in [5.74, 6) is 1.43. The molecule has 1 aliphatic rings. The number of allylic oxidation sites excluding steroid dienone is 3. The molecule has 0 bridgehead atoms. The van der Waals surface area contributed by atoms with Crippen molar-refractivity contribution in [3.8, 4) is 0 Å². The minimum Gasteiger partial charge on any atom is -0.340 e. The van der Waals surface area contributed by atoms with Gasteiger partial charge in [-0.15, -0.1) is 0 Å². The summed E-state index contributed by atoms with van der Waals surface area (Å²) in [6.45, 7) is 9.68. The Morgan fingerprint density at radius 1 is 1.59 bits per heavy atom. The van der Waals surface area contributed by atoms with Crippen molar-refractivity contribution >= 4 is 5.91 Å². The minimum absolute atomic E-state index is 0.157. The molecular weight excluding hydrogens is 210 g/mol. The van der Waals surface area contributed by atoms with Gasteiger partial charge in [0.1, 0.15) is 0 Å². The molecule has 1 amide bonds. The summed E-state index contributed by atoms with van der Waals surface area (Å²) >= 11 is 0. The van der Waals surface area contributed by atoms with Crippen molar-refractivity contribution in [3.05, 3.63) is 23.8 Å². The molecule has 0 spiro atoms. The van der Waals surface area contributed by atoms with E-state index in [1.165, 1.54) is 18.4 Å². The van der Waals surface area contributed by atoms with Crippen molar-refractivity contribution in [1.29, 1.82) is 0 Å². The van der Waals surface area contributed by atoms with Crippen LogP contribution in [0.15, 0.2) is 23.8 Å². The molecule has 2 heteroatoms. The highest BCUT2D eigenvalue weighted by molar-refractivity contribution is 5.73. The lowest BCUT2D eigenvalue weighted by molar-refractivity contribution is -0.128. The highest BCUT2D eigenvalue weighted by Crippen LogP contribution is 2.29. The normalized spacial score (nSPS) is 24.8. The van der Waals surface area contributed by atoms with Crippen molar-refractivity contribution < 1.29 is 4.79 Å². The first-order valence-electron chi connectivity index (χ1n) is 6.64. The van der Waals surface area contributed by atoms with Gasteiger partial charge in [-0.25, -0.2) is 0 Å². The van der Waals surface area contributed by atoms with Gasteiger partial charge in [-0.1, -0.05) is 30.7 Å². The third kappa shape index (κ3) is 4.37. The number of nitrogens with zero attached hydrogens (tertiary/aromatic N) is 1. The summed E-state index contributed by atoms with van der Waals surface area (Å²) in [5.41, 5.74) is 1.51. The van der Waals surface area contributed by atoms with E-state index in [1.807, 2.05) is 11.8 Å². The molecule has 0 aromatic heterocycles. The average molecular weight is 235 g/mol. The summed E-state index contributed by atoms with van der Waals surface area (Å²) < 4.78 is 0. The lowest BCUT2D eigenvalue weighted by Crippen LogP contribution is -2.28. The SMILES string of the molecule is CCN(C/C=C\C1CCC(C)=CC1C)C(C)=O. The van der Waals surface area contributed by atoms with Crippen molar-refractivity contribution in [2.45, 2.75) is 40.5 Å². The monoisotopic (exact) mass is 235 g/mol. The molecule has 1 aliphatic carbocycles. The molecule has 0 saturated heterocycles. The second-order valence-corrected chi connectivity index (χ2v) is 5.06. The first-order chi connectivity index (χ1) is 8.04. The van der Waals surface area contributed by atoms with Gasteiger partial charge in [-0.3, -0.25) is 4.79 Å². The van der Waals surface area contributed by atoms with Crippen LogP contribution in [0.25, 0.3) is 0 Å². The van der Waals surface area contributed by atoms with E-state index in [0.29, 0.717) is 11.8 Å². The van der Waals surface area contributed by atoms with Crippen LogP contribution in [0.4, 0.5) is 0 Å². The third-order valence-electron chi connectivity index (χ3n) is 3.63. The number of carbonyl (C=O) groups is 1. The maximum atomic E-state index is 11.2. The lowest BCUT2D eigenvalue weighted by atomic mass is 9.82. The van der Waals surface area contributed by atoms with Crippen LogP contribution in [0.1, 0.15) is 40.5 Å². The number of hydrogen-bond acceptors (Lipinski definition) is 1. The highest BCUT2D eigenvalue weighted by Gasteiger charge is 2.16. The van der Waals surface area contributed by atoms with Gasteiger partial charge in [0.25, 0.3) is 0 Å². The first-order valence-corrected chi connectivity index (χ1v) is 6.64. The second-order valence-electron chi connectivity index (χ2n) is 5.06. The minimum atomic E-state index is 0.157. The third-order valence-corrected chi connectivity index (χ3v) is 3.63. The molecule has 0 aromatic carbocycles. The molecule has 0 radical (unpaired) electrons. The summed E-state index contributed by atoms with van der Waals surface area (Å²) in [7, 11) is 0. The van der Waals surface area contributed by atoms with Gasteiger partial charge in [-0.05, 0) is 38.5 Å². The zero-order valence-electron chi connectivity index (χ0n) is 11.6. The average Bonchev–Trinajstić information content (AvgIpc) is 2.26. The highest BCUT2D eigenvalue weighted by atomic mass is 16.2. The molecule has 2 unspecified atom stereocenters. The smallest absolute Gasteiger partial charge is 0.219 e. The summed E-state index contributed by atoms with van der Waals surface area (Å²) in [6.07, 6.45) is 9.27. The van der Waals surface area contributed by atoms with Gasteiger partial charge < -0.3 is 4.90 Å². The molecule has 0 saturated carbocycles. The molecule has 2 atom stereocenters. The van der Waals surface area contributed by atoms with Crippen molar-refractivity contribution in [2.24, 2.45) is 11.8 Å². The molecule has 0 fully saturated rings. The number of carbonyl (C=O) groups excluding carboxylic acids is 1. The summed E-state index contributed by atoms with van der Waals surface area (Å²) in [6, 6.07) is 0. The molecule has 2 nitrogen and oxygen atoms in total. The van der Waals surface area contributed by atoms with Crippen LogP contribution in [-0.2, 0) is 4.79 Å². The molecule has 0 aliphatic heterocycles. The van der Waals surface area contributed by atoms with Crippen LogP contribution < -0.4 is 0 Å².